The summed E-state index contributed by atoms with van der Waals surface area (Å²) in [6.07, 6.45) is 1.66. The summed E-state index contributed by atoms with van der Waals surface area (Å²) in [7, 11) is 0. The quantitative estimate of drug-likeness (QED) is 0.652. The highest BCUT2D eigenvalue weighted by atomic mass is 35.5. The number of nitrogens with zero attached hydrogens (tertiary/aromatic N) is 3. The van der Waals surface area contributed by atoms with Gasteiger partial charge in [0.2, 0.25) is 5.91 Å². The highest BCUT2D eigenvalue weighted by Crippen LogP contribution is 2.21. The minimum absolute atomic E-state index is 0.0559. The van der Waals surface area contributed by atoms with Crippen molar-refractivity contribution < 1.29 is 4.79 Å². The van der Waals surface area contributed by atoms with E-state index in [4.69, 9.17) is 11.6 Å². The number of rotatable bonds is 6. The Morgan fingerprint density at radius 3 is 2.65 bits per heavy atom. The molecule has 0 atom stereocenters. The standard InChI is InChI=1S/C19H19ClN4OS/c1-13-3-8-17(9-14(13)2)24-12-22-23-19(24)26-11-18(25)21-10-15-4-6-16(20)7-5-15/h3-9,12H,10-11H2,1-2H3,(H,21,25). The van der Waals surface area contributed by atoms with Crippen LogP contribution in [0.1, 0.15) is 16.7 Å². The molecule has 7 heteroatoms. The second-order valence-electron chi connectivity index (χ2n) is 5.94. The first kappa shape index (κ1) is 18.5. The molecule has 1 amide bonds. The number of nitrogens with one attached hydrogen (secondary N) is 1. The molecule has 3 aromatic rings. The number of hydrogen-bond donors (Lipinski definition) is 1. The molecule has 0 bridgehead atoms. The van der Waals surface area contributed by atoms with Crippen LogP contribution in [0.4, 0.5) is 0 Å². The van der Waals surface area contributed by atoms with Crippen molar-refractivity contribution in [2.75, 3.05) is 5.75 Å². The monoisotopic (exact) mass is 386 g/mol. The van der Waals surface area contributed by atoms with Crippen molar-refractivity contribution in [1.82, 2.24) is 20.1 Å². The summed E-state index contributed by atoms with van der Waals surface area (Å²) in [5.74, 6) is 0.219. The Morgan fingerprint density at radius 2 is 1.92 bits per heavy atom. The molecule has 0 aliphatic rings. The van der Waals surface area contributed by atoms with Crippen LogP contribution in [0, 0.1) is 13.8 Å². The summed E-state index contributed by atoms with van der Waals surface area (Å²) in [6.45, 7) is 4.62. The van der Waals surface area contributed by atoms with Crippen molar-refractivity contribution in [3.05, 3.63) is 70.5 Å². The van der Waals surface area contributed by atoms with Crippen LogP contribution >= 0.6 is 23.4 Å². The van der Waals surface area contributed by atoms with Crippen LogP contribution in [-0.4, -0.2) is 26.4 Å². The third-order valence-corrected chi connectivity index (χ3v) is 5.22. The lowest BCUT2D eigenvalue weighted by molar-refractivity contribution is -0.118. The highest BCUT2D eigenvalue weighted by molar-refractivity contribution is 7.99. The van der Waals surface area contributed by atoms with Crippen LogP contribution in [0.2, 0.25) is 5.02 Å². The van der Waals surface area contributed by atoms with Crippen LogP contribution in [0.25, 0.3) is 5.69 Å². The van der Waals surface area contributed by atoms with Crippen molar-refractivity contribution in [3.63, 3.8) is 0 Å². The molecule has 0 radical (unpaired) electrons. The largest absolute Gasteiger partial charge is 0.351 e. The Hall–Kier alpha value is -2.31. The van der Waals surface area contributed by atoms with Gasteiger partial charge < -0.3 is 5.32 Å². The van der Waals surface area contributed by atoms with E-state index in [1.807, 2.05) is 34.9 Å². The molecular formula is C19H19ClN4OS. The van der Waals surface area contributed by atoms with E-state index in [1.54, 1.807) is 6.33 Å². The summed E-state index contributed by atoms with van der Waals surface area (Å²) >= 11 is 7.22. The van der Waals surface area contributed by atoms with Gasteiger partial charge in [0.1, 0.15) is 6.33 Å². The summed E-state index contributed by atoms with van der Waals surface area (Å²) in [5, 5.41) is 12.4. The van der Waals surface area contributed by atoms with Gasteiger partial charge in [0, 0.05) is 17.3 Å². The van der Waals surface area contributed by atoms with E-state index in [0.29, 0.717) is 16.7 Å². The van der Waals surface area contributed by atoms with Gasteiger partial charge in [0.25, 0.3) is 0 Å². The maximum Gasteiger partial charge on any atom is 0.230 e. The van der Waals surface area contributed by atoms with Gasteiger partial charge in [0.15, 0.2) is 5.16 Å². The second kappa shape index (κ2) is 8.38. The number of carbonyl (C=O) groups excluding carboxylic acids is 1. The highest BCUT2D eigenvalue weighted by Gasteiger charge is 2.10. The third-order valence-electron chi connectivity index (χ3n) is 4.02. The van der Waals surface area contributed by atoms with Crippen LogP contribution in [0.5, 0.6) is 0 Å². The van der Waals surface area contributed by atoms with E-state index in [-0.39, 0.29) is 11.7 Å². The smallest absolute Gasteiger partial charge is 0.230 e. The number of halogens is 1. The van der Waals surface area contributed by atoms with E-state index in [0.717, 1.165) is 11.3 Å². The predicted octanol–water partition coefficient (Wildman–Crippen LogP) is 3.95. The van der Waals surface area contributed by atoms with E-state index in [1.165, 1.54) is 22.9 Å². The van der Waals surface area contributed by atoms with Crippen molar-refractivity contribution >= 4 is 29.3 Å². The lowest BCUT2D eigenvalue weighted by Crippen LogP contribution is -2.24. The van der Waals surface area contributed by atoms with Gasteiger partial charge >= 0.3 is 0 Å². The molecule has 0 unspecified atom stereocenters. The zero-order chi connectivity index (χ0) is 18.5. The number of thioether (sulfide) groups is 1. The first-order valence-corrected chi connectivity index (χ1v) is 9.51. The molecule has 0 aliphatic heterocycles. The van der Waals surface area contributed by atoms with Gasteiger partial charge in [0.05, 0.1) is 5.75 Å². The Morgan fingerprint density at radius 1 is 1.15 bits per heavy atom. The maximum absolute atomic E-state index is 12.1. The molecule has 5 nitrogen and oxygen atoms in total. The number of hydrogen-bond acceptors (Lipinski definition) is 4. The van der Waals surface area contributed by atoms with Gasteiger partial charge in [-0.25, -0.2) is 0 Å². The van der Waals surface area contributed by atoms with Gasteiger partial charge in [-0.15, -0.1) is 10.2 Å². The van der Waals surface area contributed by atoms with E-state index in [9.17, 15) is 4.79 Å². The number of carbonyl (C=O) groups is 1. The molecule has 0 saturated heterocycles. The lowest BCUT2D eigenvalue weighted by atomic mass is 10.1. The normalized spacial score (nSPS) is 10.7. The molecule has 0 spiro atoms. The fraction of sp³-hybridized carbons (Fsp3) is 0.211. The zero-order valence-electron chi connectivity index (χ0n) is 14.6. The molecule has 1 N–H and O–H groups in total. The minimum Gasteiger partial charge on any atom is -0.351 e. The first-order valence-electron chi connectivity index (χ1n) is 8.14. The van der Waals surface area contributed by atoms with Gasteiger partial charge in [-0.2, -0.15) is 0 Å². The van der Waals surface area contributed by atoms with Crippen LogP contribution in [-0.2, 0) is 11.3 Å². The van der Waals surface area contributed by atoms with Crippen LogP contribution < -0.4 is 5.32 Å². The molecule has 0 saturated carbocycles. The van der Waals surface area contributed by atoms with Gasteiger partial charge in [-0.05, 0) is 54.8 Å². The molecule has 3 rings (SSSR count). The van der Waals surface area contributed by atoms with Gasteiger partial charge in [-0.3, -0.25) is 9.36 Å². The van der Waals surface area contributed by atoms with Gasteiger partial charge in [-0.1, -0.05) is 41.6 Å². The molecule has 1 heterocycles. The number of aryl methyl sites for hydroxylation is 2. The number of benzene rings is 2. The Balaban J connectivity index is 1.58. The van der Waals surface area contributed by atoms with Crippen molar-refractivity contribution in [3.8, 4) is 5.69 Å². The molecule has 0 fully saturated rings. The molecule has 1 aromatic heterocycles. The maximum atomic E-state index is 12.1. The fourth-order valence-corrected chi connectivity index (χ4v) is 3.24. The molecule has 134 valence electrons. The van der Waals surface area contributed by atoms with Crippen molar-refractivity contribution in [2.45, 2.75) is 25.5 Å². The number of amides is 1. The molecule has 0 aliphatic carbocycles. The first-order chi connectivity index (χ1) is 12.5. The van der Waals surface area contributed by atoms with Crippen molar-refractivity contribution in [1.29, 1.82) is 0 Å². The fourth-order valence-electron chi connectivity index (χ4n) is 2.36. The summed E-state index contributed by atoms with van der Waals surface area (Å²) < 4.78 is 1.89. The topological polar surface area (TPSA) is 59.8 Å². The van der Waals surface area contributed by atoms with E-state index >= 15 is 0 Å². The summed E-state index contributed by atoms with van der Waals surface area (Å²) in [4.78, 5) is 12.1. The van der Waals surface area contributed by atoms with Crippen LogP contribution in [0.3, 0.4) is 0 Å². The van der Waals surface area contributed by atoms with E-state index in [2.05, 4.69) is 41.5 Å². The average Bonchev–Trinajstić information content (AvgIpc) is 3.10. The molecule has 2 aromatic carbocycles. The summed E-state index contributed by atoms with van der Waals surface area (Å²) in [6, 6.07) is 13.6. The Labute approximate surface area is 161 Å². The predicted molar refractivity (Wildman–Crippen MR) is 105 cm³/mol. The SMILES string of the molecule is Cc1ccc(-n2cnnc2SCC(=O)NCc2ccc(Cl)cc2)cc1C. The second-order valence-corrected chi connectivity index (χ2v) is 7.32. The molecule has 26 heavy (non-hydrogen) atoms. The Kier molecular flexibility index (Phi) is 5.96. The Bertz CT molecular complexity index is 908. The molecular weight excluding hydrogens is 368 g/mol. The average molecular weight is 387 g/mol. The third kappa shape index (κ3) is 4.65. The van der Waals surface area contributed by atoms with Crippen molar-refractivity contribution in [2.24, 2.45) is 0 Å². The van der Waals surface area contributed by atoms with Crippen LogP contribution in [0.15, 0.2) is 53.9 Å². The lowest BCUT2D eigenvalue weighted by Gasteiger charge is -2.09. The van der Waals surface area contributed by atoms with E-state index < -0.39 is 0 Å². The summed E-state index contributed by atoms with van der Waals surface area (Å²) in [5.41, 5.74) is 4.43. The number of aromatic nitrogens is 3. The minimum atomic E-state index is -0.0559. The zero-order valence-corrected chi connectivity index (χ0v) is 16.1.